The Bertz CT molecular complexity index is 891. The molecule has 3 rings (SSSR count). The summed E-state index contributed by atoms with van der Waals surface area (Å²) in [7, 11) is 1.63. The van der Waals surface area contributed by atoms with Gasteiger partial charge in [-0.2, -0.15) is 0 Å². The molecule has 0 aliphatic carbocycles. The third-order valence-corrected chi connectivity index (χ3v) is 5.03. The van der Waals surface area contributed by atoms with Crippen LogP contribution in [-0.4, -0.2) is 33.4 Å². The first-order chi connectivity index (χ1) is 13.0. The van der Waals surface area contributed by atoms with E-state index >= 15 is 0 Å². The summed E-state index contributed by atoms with van der Waals surface area (Å²) in [5.74, 6) is 1.40. The van der Waals surface area contributed by atoms with E-state index in [0.717, 1.165) is 16.9 Å². The lowest BCUT2D eigenvalue weighted by molar-refractivity contribution is -0.120. The van der Waals surface area contributed by atoms with Crippen molar-refractivity contribution in [1.29, 1.82) is 0 Å². The lowest BCUT2D eigenvalue weighted by Crippen LogP contribution is -2.30. The van der Waals surface area contributed by atoms with E-state index in [0.29, 0.717) is 17.5 Å². The third kappa shape index (κ3) is 5.10. The number of amides is 1. The lowest BCUT2D eigenvalue weighted by atomic mass is 10.1. The normalized spacial score (nSPS) is 11.8. The van der Waals surface area contributed by atoms with E-state index in [4.69, 9.17) is 4.74 Å². The maximum atomic E-state index is 12.3. The van der Waals surface area contributed by atoms with E-state index in [1.54, 1.807) is 7.11 Å². The van der Waals surface area contributed by atoms with Crippen molar-refractivity contribution < 1.29 is 9.53 Å². The highest BCUT2D eigenvalue weighted by Crippen LogP contribution is 2.24. The molecule has 0 aliphatic rings. The maximum Gasteiger partial charge on any atom is 0.233 e. The van der Waals surface area contributed by atoms with Gasteiger partial charge in [-0.05, 0) is 43.7 Å². The van der Waals surface area contributed by atoms with Crippen LogP contribution in [-0.2, 0) is 11.3 Å². The molecule has 3 aromatic rings. The minimum atomic E-state index is -0.296. The van der Waals surface area contributed by atoms with Crippen LogP contribution in [0.15, 0.2) is 53.7 Å². The summed E-state index contributed by atoms with van der Waals surface area (Å²) in [6.45, 7) is 4.39. The van der Waals surface area contributed by atoms with Gasteiger partial charge in [0.2, 0.25) is 11.1 Å². The summed E-state index contributed by atoms with van der Waals surface area (Å²) in [6, 6.07) is 15.7. The molecule has 1 atom stereocenters. The van der Waals surface area contributed by atoms with Crippen LogP contribution in [0.5, 0.6) is 5.75 Å². The molecule has 0 fully saturated rings. The number of aromatic nitrogens is 3. The van der Waals surface area contributed by atoms with Gasteiger partial charge in [-0.15, -0.1) is 5.10 Å². The van der Waals surface area contributed by atoms with Crippen molar-refractivity contribution in [3.8, 4) is 17.1 Å². The van der Waals surface area contributed by atoms with Crippen molar-refractivity contribution in [3.05, 3.63) is 59.7 Å². The van der Waals surface area contributed by atoms with Gasteiger partial charge >= 0.3 is 0 Å². The first-order valence-corrected chi connectivity index (χ1v) is 9.50. The first kappa shape index (κ1) is 19.0. The molecule has 0 spiro atoms. The molecular formula is C20H22N4O2S. The van der Waals surface area contributed by atoms with Crippen LogP contribution < -0.4 is 10.1 Å². The molecule has 6 nitrogen and oxygen atoms in total. The molecule has 0 unspecified atom stereocenters. The van der Waals surface area contributed by atoms with Crippen LogP contribution in [0, 0.1) is 6.92 Å². The van der Waals surface area contributed by atoms with Crippen molar-refractivity contribution >= 4 is 17.7 Å². The fourth-order valence-electron chi connectivity index (χ4n) is 2.43. The second kappa shape index (κ2) is 8.73. The standard InChI is InChI=1S/C20H22N4O2S/c1-13-4-6-15(7-5-13)12-21-19(25)14(2)27-20-22-18(23-24-20)16-8-10-17(26-3)11-9-16/h4-11,14H,12H2,1-3H3,(H,21,25)(H,22,23,24)/t14-/m1/s1. The van der Waals surface area contributed by atoms with E-state index in [-0.39, 0.29) is 11.2 Å². The summed E-state index contributed by atoms with van der Waals surface area (Å²) in [6.07, 6.45) is 0. The molecule has 140 valence electrons. The highest BCUT2D eigenvalue weighted by molar-refractivity contribution is 8.00. The van der Waals surface area contributed by atoms with Crippen molar-refractivity contribution in [1.82, 2.24) is 20.5 Å². The van der Waals surface area contributed by atoms with E-state index in [1.807, 2.05) is 62.4 Å². The van der Waals surface area contributed by atoms with Crippen LogP contribution in [0.1, 0.15) is 18.1 Å². The zero-order valence-electron chi connectivity index (χ0n) is 15.5. The van der Waals surface area contributed by atoms with Gasteiger partial charge in [-0.25, -0.2) is 4.98 Å². The Labute approximate surface area is 162 Å². The van der Waals surface area contributed by atoms with Crippen molar-refractivity contribution in [2.45, 2.75) is 30.8 Å². The quantitative estimate of drug-likeness (QED) is 0.611. The second-order valence-corrected chi connectivity index (χ2v) is 7.47. The smallest absolute Gasteiger partial charge is 0.233 e. The summed E-state index contributed by atoms with van der Waals surface area (Å²) in [5, 5.41) is 10.3. The molecule has 0 aliphatic heterocycles. The Morgan fingerprint density at radius 1 is 1.19 bits per heavy atom. The number of ether oxygens (including phenoxy) is 1. The molecule has 2 N–H and O–H groups in total. The summed E-state index contributed by atoms with van der Waals surface area (Å²) in [4.78, 5) is 16.8. The molecule has 1 heterocycles. The second-order valence-electron chi connectivity index (χ2n) is 6.16. The van der Waals surface area contributed by atoms with Gasteiger partial charge in [0.15, 0.2) is 5.82 Å². The number of hydrogen-bond donors (Lipinski definition) is 2. The van der Waals surface area contributed by atoms with Crippen molar-refractivity contribution in [2.24, 2.45) is 0 Å². The molecule has 0 saturated heterocycles. The number of nitrogens with zero attached hydrogens (tertiary/aromatic N) is 2. The number of rotatable bonds is 7. The number of benzene rings is 2. The third-order valence-electron chi connectivity index (χ3n) is 4.07. The number of H-pyrrole nitrogens is 1. The van der Waals surface area contributed by atoms with E-state index in [1.165, 1.54) is 17.3 Å². The highest BCUT2D eigenvalue weighted by Gasteiger charge is 2.17. The van der Waals surface area contributed by atoms with Crippen LogP contribution in [0.25, 0.3) is 11.4 Å². The molecule has 2 aromatic carbocycles. The zero-order valence-corrected chi connectivity index (χ0v) is 16.3. The fraction of sp³-hybridized carbons (Fsp3) is 0.250. The zero-order chi connectivity index (χ0) is 19.2. The maximum absolute atomic E-state index is 12.3. The molecule has 0 bridgehead atoms. The van der Waals surface area contributed by atoms with Gasteiger partial charge in [0.25, 0.3) is 0 Å². The number of nitrogens with one attached hydrogen (secondary N) is 2. The summed E-state index contributed by atoms with van der Waals surface area (Å²) < 4.78 is 5.16. The van der Waals surface area contributed by atoms with Crippen LogP contribution >= 0.6 is 11.8 Å². The van der Waals surface area contributed by atoms with E-state index in [9.17, 15) is 4.79 Å². The van der Waals surface area contributed by atoms with Gasteiger partial charge in [-0.3, -0.25) is 9.89 Å². The Morgan fingerprint density at radius 3 is 2.56 bits per heavy atom. The predicted molar refractivity (Wildman–Crippen MR) is 107 cm³/mol. The van der Waals surface area contributed by atoms with Gasteiger partial charge in [0.05, 0.1) is 12.4 Å². The molecule has 0 saturated carbocycles. The predicted octanol–water partition coefficient (Wildman–Crippen LogP) is 3.59. The Morgan fingerprint density at radius 2 is 1.89 bits per heavy atom. The topological polar surface area (TPSA) is 79.9 Å². The lowest BCUT2D eigenvalue weighted by Gasteiger charge is -2.10. The monoisotopic (exact) mass is 382 g/mol. The van der Waals surface area contributed by atoms with Gasteiger partial charge in [0, 0.05) is 12.1 Å². The van der Waals surface area contributed by atoms with Crippen LogP contribution in [0.3, 0.4) is 0 Å². The van der Waals surface area contributed by atoms with Gasteiger partial charge in [-0.1, -0.05) is 41.6 Å². The average molecular weight is 382 g/mol. The van der Waals surface area contributed by atoms with Crippen molar-refractivity contribution in [2.75, 3.05) is 7.11 Å². The minimum absolute atomic E-state index is 0.0450. The van der Waals surface area contributed by atoms with Gasteiger partial charge < -0.3 is 10.1 Å². The van der Waals surface area contributed by atoms with Crippen LogP contribution in [0.2, 0.25) is 0 Å². The molecule has 1 aromatic heterocycles. The average Bonchev–Trinajstić information content (AvgIpc) is 3.15. The fourth-order valence-corrected chi connectivity index (χ4v) is 3.18. The summed E-state index contributed by atoms with van der Waals surface area (Å²) >= 11 is 1.32. The largest absolute Gasteiger partial charge is 0.497 e. The first-order valence-electron chi connectivity index (χ1n) is 8.62. The number of aryl methyl sites for hydroxylation is 1. The van der Waals surface area contributed by atoms with E-state index < -0.39 is 0 Å². The number of hydrogen-bond acceptors (Lipinski definition) is 5. The molecule has 1 amide bonds. The van der Waals surface area contributed by atoms with Crippen LogP contribution in [0.4, 0.5) is 0 Å². The number of thioether (sulfide) groups is 1. The highest BCUT2D eigenvalue weighted by atomic mass is 32.2. The Kier molecular flexibility index (Phi) is 6.13. The Hall–Kier alpha value is -2.80. The molecule has 7 heteroatoms. The van der Waals surface area contributed by atoms with Crippen molar-refractivity contribution in [3.63, 3.8) is 0 Å². The summed E-state index contributed by atoms with van der Waals surface area (Å²) in [5.41, 5.74) is 3.18. The van der Waals surface area contributed by atoms with Gasteiger partial charge in [0.1, 0.15) is 5.75 Å². The number of aromatic amines is 1. The number of carbonyl (C=O) groups is 1. The molecule has 0 radical (unpaired) electrons. The SMILES string of the molecule is COc1ccc(-c2nc(S[C@H](C)C(=O)NCc3ccc(C)cc3)n[nH]2)cc1. The number of methoxy groups -OCH3 is 1. The Balaban J connectivity index is 1.55. The minimum Gasteiger partial charge on any atom is -0.497 e. The molecular weight excluding hydrogens is 360 g/mol. The number of carbonyl (C=O) groups excluding carboxylic acids is 1. The molecule has 27 heavy (non-hydrogen) atoms. The van der Waals surface area contributed by atoms with E-state index in [2.05, 4.69) is 20.5 Å².